The maximum atomic E-state index is 6.32. The van der Waals surface area contributed by atoms with Gasteiger partial charge in [-0.3, -0.25) is 4.68 Å². The van der Waals surface area contributed by atoms with Crippen LogP contribution in [0.3, 0.4) is 0 Å². The third-order valence-corrected chi connectivity index (χ3v) is 4.07. The van der Waals surface area contributed by atoms with Crippen molar-refractivity contribution in [2.24, 2.45) is 0 Å². The van der Waals surface area contributed by atoms with E-state index in [0.717, 1.165) is 34.5 Å². The monoisotopic (exact) mass is 295 g/mol. The first-order chi connectivity index (χ1) is 9.43. The minimum absolute atomic E-state index is 0.212. The lowest BCUT2D eigenvalue weighted by molar-refractivity contribution is 0.485. The number of rotatable bonds is 5. The Kier molecular flexibility index (Phi) is 4.55. The molecule has 0 amide bonds. The first-order valence-electron chi connectivity index (χ1n) is 6.96. The summed E-state index contributed by atoms with van der Waals surface area (Å²) in [6, 6.07) is 2.29. The first-order valence-corrected chi connectivity index (χ1v) is 7.33. The fraction of sp³-hybridized carbons (Fsp3) is 0.533. The van der Waals surface area contributed by atoms with E-state index in [-0.39, 0.29) is 6.04 Å². The molecule has 5 heteroatoms. The van der Waals surface area contributed by atoms with Crippen LogP contribution in [0.4, 0.5) is 0 Å². The van der Waals surface area contributed by atoms with Gasteiger partial charge in [-0.05, 0) is 40.7 Å². The van der Waals surface area contributed by atoms with Gasteiger partial charge in [-0.15, -0.1) is 0 Å². The molecule has 0 aromatic carbocycles. The second-order valence-corrected chi connectivity index (χ2v) is 5.51. The molecule has 0 saturated carbocycles. The minimum Gasteiger partial charge on any atom is -0.466 e. The number of furan rings is 1. The molecule has 0 bridgehead atoms. The highest BCUT2D eigenvalue weighted by Gasteiger charge is 2.16. The smallest absolute Gasteiger partial charge is 0.105 e. The van der Waals surface area contributed by atoms with Crippen molar-refractivity contribution in [3.63, 3.8) is 0 Å². The molecule has 0 spiro atoms. The zero-order chi connectivity index (χ0) is 14.9. The highest BCUT2D eigenvalue weighted by atomic mass is 35.5. The molecule has 0 aliphatic rings. The number of nitrogens with zero attached hydrogens (tertiary/aromatic N) is 2. The van der Waals surface area contributed by atoms with E-state index in [4.69, 9.17) is 16.0 Å². The molecule has 0 aliphatic carbocycles. The fourth-order valence-electron chi connectivity index (χ4n) is 2.48. The predicted molar refractivity (Wildman–Crippen MR) is 81.1 cm³/mol. The molecule has 0 saturated heterocycles. The Morgan fingerprint density at radius 1 is 1.40 bits per heavy atom. The van der Waals surface area contributed by atoms with Crippen LogP contribution in [0.1, 0.15) is 48.4 Å². The van der Waals surface area contributed by atoms with Crippen molar-refractivity contribution >= 4 is 11.6 Å². The molecule has 2 aromatic heterocycles. The van der Waals surface area contributed by atoms with E-state index in [1.54, 1.807) is 0 Å². The largest absolute Gasteiger partial charge is 0.466 e. The van der Waals surface area contributed by atoms with Crippen molar-refractivity contribution in [3.8, 4) is 0 Å². The molecule has 2 heterocycles. The van der Waals surface area contributed by atoms with Crippen LogP contribution in [-0.4, -0.2) is 9.78 Å². The Morgan fingerprint density at radius 2 is 2.10 bits per heavy atom. The summed E-state index contributed by atoms with van der Waals surface area (Å²) in [4.78, 5) is 0. The lowest BCUT2D eigenvalue weighted by atomic mass is 10.1. The maximum Gasteiger partial charge on any atom is 0.105 e. The fourth-order valence-corrected chi connectivity index (χ4v) is 2.68. The molecular formula is C15H22ClN3O. The van der Waals surface area contributed by atoms with Crippen LogP contribution in [0, 0.1) is 20.8 Å². The quantitative estimate of drug-likeness (QED) is 0.909. The molecule has 2 rings (SSSR count). The maximum absolute atomic E-state index is 6.32. The SMILES string of the molecule is CCn1nc(C)c(Cl)c1CNC(C)c1cc(C)oc1C. The van der Waals surface area contributed by atoms with Gasteiger partial charge in [0, 0.05) is 24.7 Å². The number of aryl methyl sites for hydroxylation is 4. The molecule has 1 atom stereocenters. The summed E-state index contributed by atoms with van der Waals surface area (Å²) < 4.78 is 7.53. The number of hydrogen-bond acceptors (Lipinski definition) is 3. The van der Waals surface area contributed by atoms with Gasteiger partial charge in [0.05, 0.1) is 16.4 Å². The van der Waals surface area contributed by atoms with Crippen LogP contribution < -0.4 is 5.32 Å². The summed E-state index contributed by atoms with van der Waals surface area (Å²) in [6.07, 6.45) is 0. The zero-order valence-corrected chi connectivity index (χ0v) is 13.5. The number of nitrogens with one attached hydrogen (secondary N) is 1. The Hall–Kier alpha value is -1.26. The van der Waals surface area contributed by atoms with Gasteiger partial charge in [0.15, 0.2) is 0 Å². The summed E-state index contributed by atoms with van der Waals surface area (Å²) in [6.45, 7) is 11.6. The molecule has 1 unspecified atom stereocenters. The van der Waals surface area contributed by atoms with E-state index in [0.29, 0.717) is 6.54 Å². The van der Waals surface area contributed by atoms with Gasteiger partial charge in [-0.25, -0.2) is 0 Å². The van der Waals surface area contributed by atoms with Gasteiger partial charge >= 0.3 is 0 Å². The van der Waals surface area contributed by atoms with E-state index in [1.165, 1.54) is 5.56 Å². The number of halogens is 1. The molecule has 2 aromatic rings. The summed E-state index contributed by atoms with van der Waals surface area (Å²) in [5, 5.41) is 8.68. The number of aromatic nitrogens is 2. The van der Waals surface area contributed by atoms with Gasteiger partial charge in [0.1, 0.15) is 11.5 Å². The second-order valence-electron chi connectivity index (χ2n) is 5.13. The topological polar surface area (TPSA) is 43.0 Å². The highest BCUT2D eigenvalue weighted by Crippen LogP contribution is 2.24. The van der Waals surface area contributed by atoms with Crippen LogP contribution in [0.15, 0.2) is 10.5 Å². The molecule has 0 fully saturated rings. The van der Waals surface area contributed by atoms with E-state index < -0.39 is 0 Å². The Labute approximate surface area is 125 Å². The van der Waals surface area contributed by atoms with Gasteiger partial charge in [0.25, 0.3) is 0 Å². The Bertz CT molecular complexity index is 601. The lowest BCUT2D eigenvalue weighted by Gasteiger charge is -2.14. The van der Waals surface area contributed by atoms with E-state index in [9.17, 15) is 0 Å². The van der Waals surface area contributed by atoms with Crippen molar-refractivity contribution in [1.82, 2.24) is 15.1 Å². The number of hydrogen-bond donors (Lipinski definition) is 1. The van der Waals surface area contributed by atoms with Gasteiger partial charge < -0.3 is 9.73 Å². The summed E-state index contributed by atoms with van der Waals surface area (Å²) in [5.41, 5.74) is 3.11. The summed E-state index contributed by atoms with van der Waals surface area (Å²) in [7, 11) is 0. The highest BCUT2D eigenvalue weighted by molar-refractivity contribution is 6.31. The standard InChI is InChI=1S/C15H22ClN3O/c1-6-19-14(15(16)11(4)18-19)8-17-10(3)13-7-9(2)20-12(13)5/h7,10,17H,6,8H2,1-5H3. The third kappa shape index (κ3) is 2.91. The van der Waals surface area contributed by atoms with Crippen LogP contribution in [0.25, 0.3) is 0 Å². The molecular weight excluding hydrogens is 274 g/mol. The zero-order valence-electron chi connectivity index (χ0n) is 12.7. The average Bonchev–Trinajstić information content (AvgIpc) is 2.88. The van der Waals surface area contributed by atoms with Crippen LogP contribution in [0.5, 0.6) is 0 Å². The minimum atomic E-state index is 0.212. The molecule has 110 valence electrons. The summed E-state index contributed by atoms with van der Waals surface area (Å²) in [5.74, 6) is 1.91. The third-order valence-electron chi connectivity index (χ3n) is 3.57. The predicted octanol–water partition coefficient (Wildman–Crippen LogP) is 3.93. The van der Waals surface area contributed by atoms with Crippen LogP contribution in [0.2, 0.25) is 5.02 Å². The van der Waals surface area contributed by atoms with E-state index in [2.05, 4.69) is 30.3 Å². The van der Waals surface area contributed by atoms with E-state index in [1.807, 2.05) is 25.5 Å². The first kappa shape index (κ1) is 15.1. The van der Waals surface area contributed by atoms with Crippen LogP contribution in [-0.2, 0) is 13.1 Å². The van der Waals surface area contributed by atoms with E-state index >= 15 is 0 Å². The molecule has 1 N–H and O–H groups in total. The van der Waals surface area contributed by atoms with Gasteiger partial charge in [-0.1, -0.05) is 11.6 Å². The van der Waals surface area contributed by atoms with Crippen molar-refractivity contribution < 1.29 is 4.42 Å². The van der Waals surface area contributed by atoms with Crippen molar-refractivity contribution in [2.75, 3.05) is 0 Å². The second kappa shape index (κ2) is 6.02. The van der Waals surface area contributed by atoms with Crippen molar-refractivity contribution in [1.29, 1.82) is 0 Å². The lowest BCUT2D eigenvalue weighted by Crippen LogP contribution is -2.20. The van der Waals surface area contributed by atoms with Gasteiger partial charge in [0.2, 0.25) is 0 Å². The molecule has 0 radical (unpaired) electrons. The average molecular weight is 296 g/mol. The Balaban J connectivity index is 2.11. The van der Waals surface area contributed by atoms with Crippen LogP contribution >= 0.6 is 11.6 Å². The molecule has 0 aliphatic heterocycles. The van der Waals surface area contributed by atoms with Crippen molar-refractivity contribution in [3.05, 3.63) is 39.6 Å². The van der Waals surface area contributed by atoms with Crippen molar-refractivity contribution in [2.45, 2.75) is 53.8 Å². The Morgan fingerprint density at radius 3 is 2.65 bits per heavy atom. The summed E-state index contributed by atoms with van der Waals surface area (Å²) >= 11 is 6.32. The van der Waals surface area contributed by atoms with Gasteiger partial charge in [-0.2, -0.15) is 5.10 Å². The molecule has 4 nitrogen and oxygen atoms in total. The normalized spacial score (nSPS) is 12.9. The molecule has 20 heavy (non-hydrogen) atoms.